The number of hydrogen-bond acceptors (Lipinski definition) is 0. The molecule has 0 bridgehead atoms. The minimum Gasteiger partial charge on any atom is -0.0811 e. The van der Waals surface area contributed by atoms with Crippen LogP contribution < -0.4 is 0 Å². The van der Waals surface area contributed by atoms with Gasteiger partial charge in [-0.25, -0.2) is 0 Å². The molecule has 0 radical (unpaired) electrons. The van der Waals surface area contributed by atoms with Crippen molar-refractivity contribution in [1.82, 2.24) is 0 Å². The molecule has 4 atom stereocenters. The molecule has 0 nitrogen and oxygen atoms in total. The smallest absolute Gasteiger partial charge is 0.0128 e. The quantitative estimate of drug-likeness (QED) is 0.651. The zero-order valence-electron chi connectivity index (χ0n) is 11.3. The Hall–Kier alpha value is -1.30. The van der Waals surface area contributed by atoms with Crippen molar-refractivity contribution in [2.24, 2.45) is 17.8 Å². The Kier molecular flexibility index (Phi) is 3.11. The second-order valence-corrected chi connectivity index (χ2v) is 6.11. The van der Waals surface area contributed by atoms with E-state index in [2.05, 4.69) is 62.4 Å². The van der Waals surface area contributed by atoms with Gasteiger partial charge >= 0.3 is 0 Å². The molecule has 3 rings (SSSR count). The van der Waals surface area contributed by atoms with Crippen molar-refractivity contribution in [2.75, 3.05) is 0 Å². The predicted octanol–water partition coefficient (Wildman–Crippen LogP) is 4.95. The van der Waals surface area contributed by atoms with Gasteiger partial charge in [-0.3, -0.25) is 0 Å². The van der Waals surface area contributed by atoms with Crippen molar-refractivity contribution < 1.29 is 0 Å². The van der Waals surface area contributed by atoms with Crippen LogP contribution >= 0.6 is 0 Å². The highest BCUT2D eigenvalue weighted by Crippen LogP contribution is 2.62. The average Bonchev–Trinajstić information content (AvgIpc) is 3.23. The first-order valence-electron chi connectivity index (χ1n) is 7.12. The summed E-state index contributed by atoms with van der Waals surface area (Å²) in [7, 11) is 0. The normalized spacial score (nSPS) is 33.4. The van der Waals surface area contributed by atoms with Gasteiger partial charge in [0.15, 0.2) is 0 Å². The molecule has 2 saturated carbocycles. The van der Waals surface area contributed by atoms with Crippen molar-refractivity contribution in [3.05, 3.63) is 59.7 Å². The summed E-state index contributed by atoms with van der Waals surface area (Å²) >= 11 is 0. The minimum atomic E-state index is 0.859. The zero-order chi connectivity index (χ0) is 12.5. The fourth-order valence-corrected chi connectivity index (χ4v) is 3.11. The molecule has 0 spiro atoms. The Morgan fingerprint density at radius 1 is 1.06 bits per heavy atom. The largest absolute Gasteiger partial charge is 0.0811 e. The van der Waals surface area contributed by atoms with Crippen LogP contribution in [0.5, 0.6) is 0 Å². The third kappa shape index (κ3) is 2.58. The maximum Gasteiger partial charge on any atom is -0.0128 e. The van der Waals surface area contributed by atoms with Gasteiger partial charge in [0.25, 0.3) is 0 Å². The number of rotatable bonds is 4. The Balaban J connectivity index is 1.52. The summed E-state index contributed by atoms with van der Waals surface area (Å²) in [6.07, 6.45) is 9.72. The molecular weight excluding hydrogens is 216 g/mol. The van der Waals surface area contributed by atoms with E-state index in [0.717, 1.165) is 23.7 Å². The second kappa shape index (κ2) is 4.76. The van der Waals surface area contributed by atoms with E-state index in [1.807, 2.05) is 0 Å². The second-order valence-electron chi connectivity index (χ2n) is 6.11. The van der Waals surface area contributed by atoms with Crippen molar-refractivity contribution >= 4 is 0 Å². The van der Waals surface area contributed by atoms with Crippen molar-refractivity contribution in [1.29, 1.82) is 0 Å². The van der Waals surface area contributed by atoms with Crippen LogP contribution in [0.2, 0.25) is 0 Å². The first kappa shape index (κ1) is 11.8. The molecule has 0 heteroatoms. The van der Waals surface area contributed by atoms with Crippen LogP contribution in [-0.2, 0) is 0 Å². The lowest BCUT2D eigenvalue weighted by Crippen LogP contribution is -1.87. The van der Waals surface area contributed by atoms with Gasteiger partial charge in [0.1, 0.15) is 0 Å². The van der Waals surface area contributed by atoms with Crippen LogP contribution in [0.3, 0.4) is 0 Å². The molecule has 1 aromatic carbocycles. The maximum atomic E-state index is 2.41. The van der Waals surface area contributed by atoms with E-state index < -0.39 is 0 Å². The summed E-state index contributed by atoms with van der Waals surface area (Å²) in [6.45, 7) is 4.31. The van der Waals surface area contributed by atoms with E-state index >= 15 is 0 Å². The molecule has 2 fully saturated rings. The average molecular weight is 238 g/mol. The Morgan fingerprint density at radius 3 is 2.56 bits per heavy atom. The monoisotopic (exact) mass is 238 g/mol. The lowest BCUT2D eigenvalue weighted by molar-refractivity contribution is 0.658. The van der Waals surface area contributed by atoms with Gasteiger partial charge in [-0.05, 0) is 55.9 Å². The predicted molar refractivity (Wildman–Crippen MR) is 77.5 cm³/mol. The van der Waals surface area contributed by atoms with Gasteiger partial charge in [-0.1, -0.05) is 54.1 Å². The van der Waals surface area contributed by atoms with Gasteiger partial charge < -0.3 is 0 Å². The fraction of sp³-hybridized carbons (Fsp3) is 0.444. The highest BCUT2D eigenvalue weighted by atomic mass is 14.6. The van der Waals surface area contributed by atoms with E-state index in [0.29, 0.717) is 0 Å². The van der Waals surface area contributed by atoms with E-state index in [1.165, 1.54) is 18.4 Å². The topological polar surface area (TPSA) is 0 Å². The number of benzene rings is 1. The lowest BCUT2D eigenvalue weighted by atomic mass is 10.1. The molecule has 0 N–H and O–H groups in total. The van der Waals surface area contributed by atoms with Crippen LogP contribution in [0.4, 0.5) is 0 Å². The van der Waals surface area contributed by atoms with Crippen LogP contribution in [0.1, 0.15) is 38.2 Å². The van der Waals surface area contributed by atoms with Gasteiger partial charge in [0.05, 0.1) is 0 Å². The molecule has 2 aliphatic rings. The van der Waals surface area contributed by atoms with Gasteiger partial charge in [-0.2, -0.15) is 0 Å². The van der Waals surface area contributed by atoms with E-state index in [1.54, 1.807) is 5.56 Å². The third-order valence-electron chi connectivity index (χ3n) is 4.30. The number of allylic oxidation sites excluding steroid dienone is 4. The van der Waals surface area contributed by atoms with E-state index in [4.69, 9.17) is 0 Å². The van der Waals surface area contributed by atoms with E-state index in [-0.39, 0.29) is 0 Å². The SMILES string of the molecule is CC(C)=C/C=C/[C@H]1C[C@@H]1[C@H]1C[C@@H]1c1ccccc1. The Morgan fingerprint density at radius 2 is 1.83 bits per heavy atom. The zero-order valence-corrected chi connectivity index (χ0v) is 11.3. The highest BCUT2D eigenvalue weighted by molar-refractivity contribution is 5.28. The molecule has 18 heavy (non-hydrogen) atoms. The number of hydrogen-bond donors (Lipinski definition) is 0. The van der Waals surface area contributed by atoms with Crippen molar-refractivity contribution in [2.45, 2.75) is 32.6 Å². The lowest BCUT2D eigenvalue weighted by Gasteiger charge is -1.98. The van der Waals surface area contributed by atoms with Crippen LogP contribution in [-0.4, -0.2) is 0 Å². The minimum absolute atomic E-state index is 0.859. The molecular formula is C18H22. The molecule has 0 aromatic heterocycles. The summed E-state index contributed by atoms with van der Waals surface area (Å²) < 4.78 is 0. The summed E-state index contributed by atoms with van der Waals surface area (Å²) in [6, 6.07) is 11.0. The molecule has 0 unspecified atom stereocenters. The highest BCUT2D eigenvalue weighted by Gasteiger charge is 2.52. The van der Waals surface area contributed by atoms with Crippen LogP contribution in [0.25, 0.3) is 0 Å². The van der Waals surface area contributed by atoms with Crippen LogP contribution in [0.15, 0.2) is 54.1 Å². The molecule has 0 aliphatic heterocycles. The Bertz CT molecular complexity index is 462. The molecule has 2 aliphatic carbocycles. The molecule has 0 saturated heterocycles. The fourth-order valence-electron chi connectivity index (χ4n) is 3.11. The maximum absolute atomic E-state index is 2.41. The van der Waals surface area contributed by atoms with Gasteiger partial charge in [0.2, 0.25) is 0 Å². The van der Waals surface area contributed by atoms with E-state index in [9.17, 15) is 0 Å². The summed E-state index contributed by atoms with van der Waals surface area (Å²) in [5.41, 5.74) is 2.94. The third-order valence-corrected chi connectivity index (χ3v) is 4.30. The summed E-state index contributed by atoms with van der Waals surface area (Å²) in [4.78, 5) is 0. The van der Waals surface area contributed by atoms with Crippen molar-refractivity contribution in [3.63, 3.8) is 0 Å². The molecule has 0 amide bonds. The van der Waals surface area contributed by atoms with Gasteiger partial charge in [0, 0.05) is 0 Å². The molecule has 1 aromatic rings. The van der Waals surface area contributed by atoms with Crippen molar-refractivity contribution in [3.8, 4) is 0 Å². The molecule has 0 heterocycles. The summed E-state index contributed by atoms with van der Waals surface area (Å²) in [5, 5.41) is 0. The van der Waals surface area contributed by atoms with Gasteiger partial charge in [-0.15, -0.1) is 0 Å². The first-order chi connectivity index (χ1) is 8.75. The Labute approximate surface area is 110 Å². The summed E-state index contributed by atoms with van der Waals surface area (Å²) in [5.74, 6) is 3.66. The van der Waals surface area contributed by atoms with Crippen LogP contribution in [0, 0.1) is 17.8 Å². The first-order valence-corrected chi connectivity index (χ1v) is 7.12. The molecule has 94 valence electrons. The standard InChI is InChI=1S/C18H22/c1-13(2)7-6-10-15-11-16(15)18-12-17(18)14-8-4-3-5-9-14/h3-10,15-18H,11-12H2,1-2H3/b10-6+/t15-,16-,17+,18+/m0/s1.